The van der Waals surface area contributed by atoms with E-state index in [1.165, 1.54) is 24.0 Å². The van der Waals surface area contributed by atoms with Crippen molar-refractivity contribution in [1.29, 1.82) is 0 Å². The summed E-state index contributed by atoms with van der Waals surface area (Å²) in [5.41, 5.74) is 6.93. The molecular formula is C31H37NO2. The second-order valence-electron chi connectivity index (χ2n) is 9.44. The van der Waals surface area contributed by atoms with Gasteiger partial charge in [0.05, 0.1) is 0 Å². The largest absolute Gasteiger partial charge is 0.508 e. The number of aliphatic hydroxyl groups excluding tert-OH is 1. The van der Waals surface area contributed by atoms with Crippen molar-refractivity contribution < 1.29 is 10.2 Å². The molecule has 0 aliphatic heterocycles. The van der Waals surface area contributed by atoms with Crippen molar-refractivity contribution in [1.82, 2.24) is 4.90 Å². The van der Waals surface area contributed by atoms with Crippen LogP contribution in [0.1, 0.15) is 67.7 Å². The van der Waals surface area contributed by atoms with Crippen molar-refractivity contribution in [3.05, 3.63) is 101 Å². The van der Waals surface area contributed by atoms with Gasteiger partial charge in [-0.1, -0.05) is 80.6 Å². The van der Waals surface area contributed by atoms with E-state index in [1.807, 2.05) is 18.2 Å². The highest BCUT2D eigenvalue weighted by Crippen LogP contribution is 2.37. The van der Waals surface area contributed by atoms with Gasteiger partial charge in [0.15, 0.2) is 0 Å². The third kappa shape index (κ3) is 5.97. The van der Waals surface area contributed by atoms with Crippen molar-refractivity contribution in [3.8, 4) is 5.75 Å². The van der Waals surface area contributed by atoms with Gasteiger partial charge in [-0.2, -0.15) is 0 Å². The lowest BCUT2D eigenvalue weighted by atomic mass is 9.86. The van der Waals surface area contributed by atoms with Crippen molar-refractivity contribution in [2.45, 2.75) is 51.5 Å². The predicted octanol–water partition coefficient (Wildman–Crippen LogP) is 6.71. The average molecular weight is 456 g/mol. The number of phenolic OH excluding ortho intramolecular Hbond substituents is 1. The molecule has 3 aromatic rings. The molecule has 178 valence electrons. The molecule has 1 atom stereocenters. The Kier molecular flexibility index (Phi) is 8.21. The van der Waals surface area contributed by atoms with Crippen LogP contribution >= 0.6 is 0 Å². The van der Waals surface area contributed by atoms with Crippen molar-refractivity contribution in [2.24, 2.45) is 0 Å². The molecule has 1 aliphatic rings. The Balaban J connectivity index is 1.73. The first-order valence-electron chi connectivity index (χ1n) is 12.6. The van der Waals surface area contributed by atoms with E-state index in [2.05, 4.69) is 73.3 Å². The number of aliphatic hydroxyl groups is 1. The SMILES string of the molecule is CCN(CC(C)c1ccc(/C(=C(/CCCO)c2ccccc2)c2cccc(O)c2)cc1)C1CC1. The first-order chi connectivity index (χ1) is 16.6. The highest BCUT2D eigenvalue weighted by atomic mass is 16.3. The fourth-order valence-corrected chi connectivity index (χ4v) is 4.90. The highest BCUT2D eigenvalue weighted by molar-refractivity contribution is 5.98. The zero-order chi connectivity index (χ0) is 23.9. The molecule has 1 fully saturated rings. The van der Waals surface area contributed by atoms with Gasteiger partial charge in [0.25, 0.3) is 0 Å². The van der Waals surface area contributed by atoms with E-state index in [0.717, 1.165) is 47.8 Å². The molecule has 2 N–H and O–H groups in total. The van der Waals surface area contributed by atoms with Gasteiger partial charge in [-0.3, -0.25) is 0 Å². The fraction of sp³-hybridized carbons (Fsp3) is 0.355. The number of benzene rings is 3. The number of nitrogens with zero attached hydrogens (tertiary/aromatic N) is 1. The number of phenols is 1. The third-order valence-electron chi connectivity index (χ3n) is 6.89. The average Bonchev–Trinajstić information content (AvgIpc) is 3.71. The fourth-order valence-electron chi connectivity index (χ4n) is 4.90. The van der Waals surface area contributed by atoms with E-state index >= 15 is 0 Å². The number of allylic oxidation sites excluding steroid dienone is 1. The molecule has 34 heavy (non-hydrogen) atoms. The zero-order valence-electron chi connectivity index (χ0n) is 20.5. The Morgan fingerprint density at radius 1 is 0.912 bits per heavy atom. The quantitative estimate of drug-likeness (QED) is 0.316. The summed E-state index contributed by atoms with van der Waals surface area (Å²) in [7, 11) is 0. The summed E-state index contributed by atoms with van der Waals surface area (Å²) in [5.74, 6) is 0.736. The molecule has 3 nitrogen and oxygen atoms in total. The molecular weight excluding hydrogens is 418 g/mol. The number of hydrogen-bond donors (Lipinski definition) is 2. The van der Waals surface area contributed by atoms with Gasteiger partial charge in [-0.25, -0.2) is 0 Å². The summed E-state index contributed by atoms with van der Waals surface area (Å²) in [6, 6.07) is 27.6. The van der Waals surface area contributed by atoms with Crippen molar-refractivity contribution in [2.75, 3.05) is 19.7 Å². The van der Waals surface area contributed by atoms with Crippen LogP contribution in [0, 0.1) is 0 Å². The van der Waals surface area contributed by atoms with Gasteiger partial charge < -0.3 is 15.1 Å². The van der Waals surface area contributed by atoms with Crippen LogP contribution in [-0.2, 0) is 0 Å². The molecule has 0 heterocycles. The summed E-state index contributed by atoms with van der Waals surface area (Å²) in [4.78, 5) is 2.61. The minimum atomic E-state index is 0.148. The Morgan fingerprint density at radius 2 is 1.62 bits per heavy atom. The standard InChI is InChI=1S/C31H37NO2/c1-3-32(28-18-19-28)22-23(2)24-14-16-26(17-15-24)31(27-11-7-12-29(34)21-27)30(13-8-20-33)25-9-5-4-6-10-25/h4-7,9-12,14-17,21,23,28,33-34H,3,8,13,18-20,22H2,1-2H3/b31-30+. The highest BCUT2D eigenvalue weighted by Gasteiger charge is 2.28. The lowest BCUT2D eigenvalue weighted by Crippen LogP contribution is -2.29. The van der Waals surface area contributed by atoms with Gasteiger partial charge in [-0.15, -0.1) is 0 Å². The predicted molar refractivity (Wildman–Crippen MR) is 142 cm³/mol. The molecule has 0 amide bonds. The maximum Gasteiger partial charge on any atom is 0.116 e. The van der Waals surface area contributed by atoms with Gasteiger partial charge in [0.2, 0.25) is 0 Å². The Labute approximate surface area is 204 Å². The molecule has 0 radical (unpaired) electrons. The molecule has 0 saturated heterocycles. The van der Waals surface area contributed by atoms with E-state index < -0.39 is 0 Å². The Bertz CT molecular complexity index is 1080. The van der Waals surface area contributed by atoms with Gasteiger partial charge in [0, 0.05) is 19.2 Å². The van der Waals surface area contributed by atoms with Crippen LogP contribution in [0.5, 0.6) is 5.75 Å². The zero-order valence-corrected chi connectivity index (χ0v) is 20.5. The van der Waals surface area contributed by atoms with Crippen molar-refractivity contribution >= 4 is 11.1 Å². The summed E-state index contributed by atoms with van der Waals surface area (Å²) in [6.45, 7) is 6.94. The molecule has 1 unspecified atom stereocenters. The molecule has 4 rings (SSSR count). The first kappa shape index (κ1) is 24.3. The first-order valence-corrected chi connectivity index (χ1v) is 12.6. The van der Waals surface area contributed by atoms with Crippen molar-refractivity contribution in [3.63, 3.8) is 0 Å². The Hall–Kier alpha value is -2.88. The maximum absolute atomic E-state index is 10.2. The van der Waals surface area contributed by atoms with Crippen LogP contribution in [0.3, 0.4) is 0 Å². The molecule has 0 aromatic heterocycles. The van der Waals surface area contributed by atoms with E-state index in [9.17, 15) is 10.2 Å². The van der Waals surface area contributed by atoms with E-state index in [-0.39, 0.29) is 12.4 Å². The molecule has 3 heteroatoms. The molecule has 1 saturated carbocycles. The second kappa shape index (κ2) is 11.5. The maximum atomic E-state index is 10.2. The Morgan fingerprint density at radius 3 is 2.24 bits per heavy atom. The number of hydrogen-bond acceptors (Lipinski definition) is 3. The topological polar surface area (TPSA) is 43.7 Å². The van der Waals surface area contributed by atoms with Gasteiger partial charge in [-0.05, 0) is 83.7 Å². The van der Waals surface area contributed by atoms with E-state index in [1.54, 1.807) is 6.07 Å². The van der Waals surface area contributed by atoms with Crippen LogP contribution in [0.15, 0.2) is 78.9 Å². The van der Waals surface area contributed by atoms with Crippen LogP contribution in [0.25, 0.3) is 11.1 Å². The summed E-state index contributed by atoms with van der Waals surface area (Å²) < 4.78 is 0. The summed E-state index contributed by atoms with van der Waals surface area (Å²) >= 11 is 0. The monoisotopic (exact) mass is 455 g/mol. The van der Waals surface area contributed by atoms with Crippen LogP contribution in [0.4, 0.5) is 0 Å². The van der Waals surface area contributed by atoms with Crippen LogP contribution in [0.2, 0.25) is 0 Å². The van der Waals surface area contributed by atoms with E-state index in [0.29, 0.717) is 12.3 Å². The summed E-state index contributed by atoms with van der Waals surface area (Å²) in [5, 5.41) is 19.8. The number of aromatic hydroxyl groups is 1. The molecule has 3 aromatic carbocycles. The molecule has 0 bridgehead atoms. The minimum absolute atomic E-state index is 0.148. The van der Waals surface area contributed by atoms with Gasteiger partial charge >= 0.3 is 0 Å². The summed E-state index contributed by atoms with van der Waals surface area (Å²) in [6.07, 6.45) is 4.13. The third-order valence-corrected chi connectivity index (χ3v) is 6.89. The normalized spacial score (nSPS) is 15.3. The number of rotatable bonds is 11. The smallest absolute Gasteiger partial charge is 0.116 e. The van der Waals surface area contributed by atoms with E-state index in [4.69, 9.17) is 0 Å². The lowest BCUT2D eigenvalue weighted by molar-refractivity contribution is 0.264. The number of likely N-dealkylation sites (N-methyl/N-ethyl adjacent to an activating group) is 1. The molecule has 1 aliphatic carbocycles. The lowest BCUT2D eigenvalue weighted by Gasteiger charge is -2.24. The van der Waals surface area contributed by atoms with Crippen LogP contribution in [-0.4, -0.2) is 40.9 Å². The van der Waals surface area contributed by atoms with Gasteiger partial charge in [0.1, 0.15) is 5.75 Å². The van der Waals surface area contributed by atoms with Crippen LogP contribution < -0.4 is 0 Å². The minimum Gasteiger partial charge on any atom is -0.508 e. The molecule has 0 spiro atoms. The second-order valence-corrected chi connectivity index (χ2v) is 9.44.